The molecular weight excluding hydrogens is 703 g/mol. The summed E-state index contributed by atoms with van der Waals surface area (Å²) in [5.41, 5.74) is 11.6. The van der Waals surface area contributed by atoms with E-state index in [-0.39, 0.29) is 0 Å². The fourth-order valence-corrected chi connectivity index (χ4v) is 8.53. The van der Waals surface area contributed by atoms with Gasteiger partial charge in [-0.25, -0.2) is 9.97 Å². The van der Waals surface area contributed by atoms with Gasteiger partial charge in [-0.2, -0.15) is 0 Å². The van der Waals surface area contributed by atoms with Gasteiger partial charge in [0.25, 0.3) is 0 Å². The van der Waals surface area contributed by atoms with Crippen LogP contribution >= 0.6 is 0 Å². The lowest BCUT2D eigenvalue weighted by atomic mass is 9.86. The van der Waals surface area contributed by atoms with Crippen LogP contribution in [0, 0.1) is 0 Å². The summed E-state index contributed by atoms with van der Waals surface area (Å²) in [4.78, 5) is 15.0. The monoisotopic (exact) mass is 737 g/mol. The smallest absolute Gasteiger partial charge is 0.160 e. The van der Waals surface area contributed by atoms with Crippen LogP contribution in [0.3, 0.4) is 0 Å². The molecule has 0 aliphatic rings. The minimum absolute atomic E-state index is 0.683. The van der Waals surface area contributed by atoms with Crippen molar-refractivity contribution in [1.29, 1.82) is 0 Å². The van der Waals surface area contributed by atoms with Crippen molar-refractivity contribution in [2.24, 2.45) is 0 Å². The van der Waals surface area contributed by atoms with E-state index in [0.29, 0.717) is 5.82 Å². The first kappa shape index (κ1) is 33.6. The minimum Gasteiger partial charge on any atom is -0.256 e. The molecule has 11 rings (SSSR count). The molecule has 2 heterocycles. The van der Waals surface area contributed by atoms with Crippen LogP contribution in [-0.2, 0) is 0 Å². The normalized spacial score (nSPS) is 11.4. The van der Waals surface area contributed by atoms with Crippen LogP contribution in [0.15, 0.2) is 212 Å². The van der Waals surface area contributed by atoms with Crippen molar-refractivity contribution >= 4 is 43.1 Å². The third-order valence-corrected chi connectivity index (χ3v) is 11.3. The van der Waals surface area contributed by atoms with Crippen LogP contribution in [0.5, 0.6) is 0 Å². The maximum atomic E-state index is 5.22. The number of nitrogens with zero attached hydrogens (tertiary/aromatic N) is 3. The van der Waals surface area contributed by atoms with Crippen molar-refractivity contribution < 1.29 is 0 Å². The summed E-state index contributed by atoms with van der Waals surface area (Å²) in [7, 11) is 0. The highest BCUT2D eigenvalue weighted by Crippen LogP contribution is 2.43. The van der Waals surface area contributed by atoms with Gasteiger partial charge in [-0.1, -0.05) is 170 Å². The van der Waals surface area contributed by atoms with Gasteiger partial charge >= 0.3 is 0 Å². The molecule has 0 unspecified atom stereocenters. The first-order valence-corrected chi connectivity index (χ1v) is 19.7. The lowest BCUT2D eigenvalue weighted by Crippen LogP contribution is -1.96. The molecule has 58 heavy (non-hydrogen) atoms. The van der Waals surface area contributed by atoms with E-state index in [1.54, 1.807) is 0 Å². The van der Waals surface area contributed by atoms with Crippen molar-refractivity contribution in [2.45, 2.75) is 0 Å². The van der Waals surface area contributed by atoms with Gasteiger partial charge in [0.05, 0.1) is 17.1 Å². The van der Waals surface area contributed by atoms with Gasteiger partial charge in [0.15, 0.2) is 5.82 Å². The molecule has 0 radical (unpaired) electrons. The Morgan fingerprint density at radius 3 is 1.48 bits per heavy atom. The lowest BCUT2D eigenvalue weighted by molar-refractivity contribution is 1.18. The number of aromatic nitrogens is 3. The van der Waals surface area contributed by atoms with E-state index in [0.717, 1.165) is 44.9 Å². The lowest BCUT2D eigenvalue weighted by Gasteiger charge is -2.17. The molecule has 0 atom stereocenters. The Morgan fingerprint density at radius 1 is 0.259 bits per heavy atom. The van der Waals surface area contributed by atoms with Gasteiger partial charge in [-0.05, 0) is 102 Å². The summed E-state index contributed by atoms with van der Waals surface area (Å²) in [5, 5.41) is 9.90. The van der Waals surface area contributed by atoms with Gasteiger partial charge in [0.2, 0.25) is 0 Å². The number of pyridine rings is 1. The Hall–Kier alpha value is -7.75. The van der Waals surface area contributed by atoms with Crippen LogP contribution in [0.2, 0.25) is 0 Å². The van der Waals surface area contributed by atoms with E-state index in [4.69, 9.17) is 9.97 Å². The first-order valence-electron chi connectivity index (χ1n) is 19.7. The molecule has 0 bridgehead atoms. The Kier molecular flexibility index (Phi) is 8.15. The molecule has 2 aromatic heterocycles. The average molecular weight is 738 g/mol. The Labute approximate surface area is 336 Å². The summed E-state index contributed by atoms with van der Waals surface area (Å²) in [6.45, 7) is 0. The summed E-state index contributed by atoms with van der Waals surface area (Å²) in [6, 6.07) is 73.4. The summed E-state index contributed by atoms with van der Waals surface area (Å²) in [5.74, 6) is 0.683. The Bertz CT molecular complexity index is 3310. The highest BCUT2D eigenvalue weighted by atomic mass is 14.9. The third-order valence-electron chi connectivity index (χ3n) is 11.3. The van der Waals surface area contributed by atoms with E-state index in [1.165, 1.54) is 59.8 Å². The van der Waals surface area contributed by atoms with Crippen LogP contribution in [-0.4, -0.2) is 15.0 Å². The predicted molar refractivity (Wildman–Crippen MR) is 242 cm³/mol. The SMILES string of the molecule is c1ccc(-c2cc(-c3ccc(-c4ccccn4)cc3)nc(-c3cccc(-c4cc5c6ccccc6c(-c6cccc7ccccc67)cc5c5ccccc45)c3)n2)cc1. The molecule has 9 aromatic carbocycles. The molecule has 0 saturated heterocycles. The van der Waals surface area contributed by atoms with E-state index >= 15 is 0 Å². The van der Waals surface area contributed by atoms with E-state index in [9.17, 15) is 0 Å². The van der Waals surface area contributed by atoms with Crippen LogP contribution in [0.25, 0.3) is 111 Å². The Balaban J connectivity index is 1.08. The molecule has 0 spiro atoms. The number of hydrogen-bond donors (Lipinski definition) is 0. The highest BCUT2D eigenvalue weighted by molar-refractivity contribution is 6.24. The molecule has 0 N–H and O–H groups in total. The Morgan fingerprint density at radius 2 is 0.776 bits per heavy atom. The quantitative estimate of drug-likeness (QED) is 0.160. The standard InChI is InChI=1S/C55H35N3/c1-2-15-37(16-3-1)53-35-54(39-29-27-38(28-30-39)52-26-10-11-31-56-52)58-55(57-53)41-19-12-18-40(32-41)48-33-50-47-24-9-8-23-46(47)49(34-51(50)45-22-7-6-21-44(45)48)43-25-13-17-36-14-4-5-20-42(36)43/h1-35H. The molecule has 11 aromatic rings. The fourth-order valence-electron chi connectivity index (χ4n) is 8.53. The van der Waals surface area contributed by atoms with Crippen LogP contribution < -0.4 is 0 Å². The zero-order valence-corrected chi connectivity index (χ0v) is 31.5. The summed E-state index contributed by atoms with van der Waals surface area (Å²) < 4.78 is 0. The second kappa shape index (κ2) is 14.1. The summed E-state index contributed by atoms with van der Waals surface area (Å²) >= 11 is 0. The van der Waals surface area contributed by atoms with Crippen LogP contribution in [0.4, 0.5) is 0 Å². The zero-order valence-electron chi connectivity index (χ0n) is 31.5. The van der Waals surface area contributed by atoms with Gasteiger partial charge < -0.3 is 0 Å². The van der Waals surface area contributed by atoms with Gasteiger partial charge in [0, 0.05) is 28.5 Å². The number of hydrogen-bond acceptors (Lipinski definition) is 3. The second-order valence-electron chi connectivity index (χ2n) is 14.8. The first-order chi connectivity index (χ1) is 28.7. The van der Waals surface area contributed by atoms with Gasteiger partial charge in [-0.3, -0.25) is 4.98 Å². The van der Waals surface area contributed by atoms with E-state index in [2.05, 4.69) is 187 Å². The second-order valence-corrected chi connectivity index (χ2v) is 14.8. The van der Waals surface area contributed by atoms with Gasteiger partial charge in [0.1, 0.15) is 0 Å². The highest BCUT2D eigenvalue weighted by Gasteiger charge is 2.17. The zero-order chi connectivity index (χ0) is 38.4. The third kappa shape index (κ3) is 5.89. The van der Waals surface area contributed by atoms with Crippen molar-refractivity contribution in [3.05, 3.63) is 212 Å². The van der Waals surface area contributed by atoms with E-state index < -0.39 is 0 Å². The summed E-state index contributed by atoms with van der Waals surface area (Å²) in [6.07, 6.45) is 1.83. The predicted octanol–water partition coefficient (Wildman–Crippen LogP) is 14.5. The van der Waals surface area contributed by atoms with Crippen molar-refractivity contribution in [2.75, 3.05) is 0 Å². The van der Waals surface area contributed by atoms with Crippen molar-refractivity contribution in [3.63, 3.8) is 0 Å². The molecule has 0 aliphatic carbocycles. The fraction of sp³-hybridized carbons (Fsp3) is 0. The molecule has 0 aliphatic heterocycles. The average Bonchev–Trinajstić information content (AvgIpc) is 3.31. The molecule has 3 nitrogen and oxygen atoms in total. The molecule has 270 valence electrons. The topological polar surface area (TPSA) is 38.7 Å². The molecule has 0 amide bonds. The van der Waals surface area contributed by atoms with Crippen molar-refractivity contribution in [3.8, 4) is 67.4 Å². The molecule has 3 heteroatoms. The number of rotatable bonds is 6. The largest absolute Gasteiger partial charge is 0.256 e. The molecule has 0 fully saturated rings. The molecular formula is C55H35N3. The number of benzene rings is 9. The number of fused-ring (bicyclic) bond motifs is 6. The maximum absolute atomic E-state index is 5.22. The maximum Gasteiger partial charge on any atom is 0.160 e. The van der Waals surface area contributed by atoms with E-state index in [1.807, 2.05) is 30.5 Å². The minimum atomic E-state index is 0.683. The van der Waals surface area contributed by atoms with Crippen molar-refractivity contribution in [1.82, 2.24) is 15.0 Å². The molecule has 0 saturated carbocycles. The van der Waals surface area contributed by atoms with Crippen LogP contribution in [0.1, 0.15) is 0 Å². The van der Waals surface area contributed by atoms with Gasteiger partial charge in [-0.15, -0.1) is 0 Å².